The molecule has 3 rings (SSSR count). The summed E-state index contributed by atoms with van der Waals surface area (Å²) in [4.78, 5) is 28.6. The van der Waals surface area contributed by atoms with Crippen LogP contribution in [0.2, 0.25) is 5.02 Å². The number of rotatable bonds is 7. The van der Waals surface area contributed by atoms with Crippen molar-refractivity contribution >= 4 is 57.3 Å². The molecule has 32 heavy (non-hydrogen) atoms. The van der Waals surface area contributed by atoms with Gasteiger partial charge < -0.3 is 15.5 Å². The number of anilines is 2. The SMILES string of the molecule is Cc1c(Cl)cccc1Nc1nnc(SCC(=O)N2CCN(CC(=O)NC(C)(C)C)CC2)s1. The molecule has 0 saturated carbocycles. The summed E-state index contributed by atoms with van der Waals surface area (Å²) in [6.45, 7) is 10.8. The largest absolute Gasteiger partial charge is 0.350 e. The number of nitrogens with one attached hydrogen (secondary N) is 2. The third-order valence-corrected chi connectivity index (χ3v) is 7.21. The summed E-state index contributed by atoms with van der Waals surface area (Å²) < 4.78 is 0.734. The molecular formula is C21H29ClN6O2S2. The van der Waals surface area contributed by atoms with Gasteiger partial charge in [0.05, 0.1) is 12.3 Å². The van der Waals surface area contributed by atoms with Crippen LogP contribution in [0, 0.1) is 6.92 Å². The molecule has 11 heteroatoms. The molecule has 2 N–H and O–H groups in total. The van der Waals surface area contributed by atoms with Crippen LogP contribution in [-0.2, 0) is 9.59 Å². The molecule has 2 aromatic rings. The lowest BCUT2D eigenvalue weighted by atomic mass is 10.1. The fourth-order valence-electron chi connectivity index (χ4n) is 3.21. The highest BCUT2D eigenvalue weighted by atomic mass is 35.5. The molecule has 8 nitrogen and oxygen atoms in total. The molecule has 0 bridgehead atoms. The van der Waals surface area contributed by atoms with Crippen LogP contribution < -0.4 is 10.6 Å². The molecule has 1 aliphatic heterocycles. The number of benzene rings is 1. The van der Waals surface area contributed by atoms with Gasteiger partial charge in [0.2, 0.25) is 16.9 Å². The fourth-order valence-corrected chi connectivity index (χ4v) is 5.05. The second-order valence-electron chi connectivity index (χ2n) is 8.65. The van der Waals surface area contributed by atoms with Gasteiger partial charge in [-0.2, -0.15) is 0 Å². The number of hydrogen-bond acceptors (Lipinski definition) is 8. The van der Waals surface area contributed by atoms with Gasteiger partial charge in [-0.1, -0.05) is 40.8 Å². The summed E-state index contributed by atoms with van der Waals surface area (Å²) in [6.07, 6.45) is 0. The van der Waals surface area contributed by atoms with Gasteiger partial charge in [-0.05, 0) is 45.4 Å². The van der Waals surface area contributed by atoms with E-state index in [1.54, 1.807) is 0 Å². The van der Waals surface area contributed by atoms with Gasteiger partial charge in [-0.25, -0.2) is 0 Å². The first-order valence-electron chi connectivity index (χ1n) is 10.4. The zero-order chi connectivity index (χ0) is 23.3. The summed E-state index contributed by atoms with van der Waals surface area (Å²) in [5, 5.41) is 15.9. The lowest BCUT2D eigenvalue weighted by molar-refractivity contribution is -0.130. The Hall–Kier alpha value is -1.88. The molecule has 1 aromatic carbocycles. The maximum absolute atomic E-state index is 12.6. The molecule has 0 atom stereocenters. The lowest BCUT2D eigenvalue weighted by Gasteiger charge is -2.34. The average Bonchev–Trinajstić information content (AvgIpc) is 3.16. The molecule has 174 valence electrons. The molecular weight excluding hydrogens is 468 g/mol. The zero-order valence-corrected chi connectivity index (χ0v) is 21.2. The van der Waals surface area contributed by atoms with Crippen molar-refractivity contribution in [3.63, 3.8) is 0 Å². The molecule has 2 heterocycles. The van der Waals surface area contributed by atoms with E-state index < -0.39 is 0 Å². The standard InChI is InChI=1S/C21H29ClN6O2S2/c1-14-15(22)6-5-7-16(14)23-19-25-26-20(32-19)31-13-18(30)28-10-8-27(9-11-28)12-17(29)24-21(2,3)4/h5-7H,8-13H2,1-4H3,(H,23,25)(H,24,29). The fraction of sp³-hybridized carbons (Fsp3) is 0.524. The van der Waals surface area contributed by atoms with E-state index in [1.165, 1.54) is 23.1 Å². The summed E-state index contributed by atoms with van der Waals surface area (Å²) in [7, 11) is 0. The van der Waals surface area contributed by atoms with Crippen LogP contribution in [0.15, 0.2) is 22.5 Å². The minimum Gasteiger partial charge on any atom is -0.350 e. The molecule has 0 unspecified atom stereocenters. The highest BCUT2D eigenvalue weighted by Crippen LogP contribution is 2.30. The Morgan fingerprint density at radius 3 is 2.59 bits per heavy atom. The van der Waals surface area contributed by atoms with Crippen molar-refractivity contribution in [1.82, 2.24) is 25.3 Å². The van der Waals surface area contributed by atoms with Crippen LogP contribution >= 0.6 is 34.7 Å². The number of thioether (sulfide) groups is 1. The smallest absolute Gasteiger partial charge is 0.234 e. The van der Waals surface area contributed by atoms with Crippen molar-refractivity contribution < 1.29 is 9.59 Å². The van der Waals surface area contributed by atoms with Crippen LogP contribution in [0.5, 0.6) is 0 Å². The molecule has 0 spiro atoms. The van der Waals surface area contributed by atoms with Crippen molar-refractivity contribution in [2.24, 2.45) is 0 Å². The highest BCUT2D eigenvalue weighted by Gasteiger charge is 2.24. The number of carbonyl (C=O) groups is 2. The van der Waals surface area contributed by atoms with Crippen LogP contribution in [0.25, 0.3) is 0 Å². The molecule has 1 aliphatic rings. The molecule has 1 saturated heterocycles. The van der Waals surface area contributed by atoms with E-state index in [2.05, 4.69) is 25.7 Å². The number of nitrogens with zero attached hydrogens (tertiary/aromatic N) is 4. The summed E-state index contributed by atoms with van der Waals surface area (Å²) in [5.41, 5.74) is 1.60. The Kier molecular flexibility index (Phi) is 8.37. The highest BCUT2D eigenvalue weighted by molar-refractivity contribution is 8.01. The van der Waals surface area contributed by atoms with E-state index in [0.29, 0.717) is 48.6 Å². The maximum Gasteiger partial charge on any atom is 0.234 e. The normalized spacial score (nSPS) is 15.0. The number of piperazine rings is 1. The Morgan fingerprint density at radius 1 is 1.19 bits per heavy atom. The van der Waals surface area contributed by atoms with Crippen LogP contribution in [-0.4, -0.2) is 75.8 Å². The van der Waals surface area contributed by atoms with Gasteiger partial charge in [0.1, 0.15) is 0 Å². The van der Waals surface area contributed by atoms with Crippen molar-refractivity contribution in [3.05, 3.63) is 28.8 Å². The maximum atomic E-state index is 12.6. The first-order chi connectivity index (χ1) is 15.1. The van der Waals surface area contributed by atoms with E-state index in [1.807, 2.05) is 50.8 Å². The third-order valence-electron chi connectivity index (χ3n) is 4.84. The zero-order valence-electron chi connectivity index (χ0n) is 18.8. The monoisotopic (exact) mass is 496 g/mol. The van der Waals surface area contributed by atoms with Gasteiger partial charge in [-0.15, -0.1) is 10.2 Å². The number of halogens is 1. The predicted molar refractivity (Wildman–Crippen MR) is 131 cm³/mol. The Labute approximate surface area is 202 Å². The van der Waals surface area contributed by atoms with Gasteiger partial charge >= 0.3 is 0 Å². The molecule has 0 aliphatic carbocycles. The van der Waals surface area contributed by atoms with Gasteiger partial charge in [0.15, 0.2) is 4.34 Å². The van der Waals surface area contributed by atoms with Crippen molar-refractivity contribution in [2.75, 3.05) is 43.8 Å². The predicted octanol–water partition coefficient (Wildman–Crippen LogP) is 3.39. The second-order valence-corrected chi connectivity index (χ2v) is 11.3. The lowest BCUT2D eigenvalue weighted by Crippen LogP contribution is -2.53. The Balaban J connectivity index is 1.42. The number of carbonyl (C=O) groups excluding carboxylic acids is 2. The summed E-state index contributed by atoms with van der Waals surface area (Å²) in [6, 6.07) is 5.66. The van der Waals surface area contributed by atoms with E-state index in [0.717, 1.165) is 15.6 Å². The molecule has 1 aromatic heterocycles. The summed E-state index contributed by atoms with van der Waals surface area (Å²) >= 11 is 8.96. The minimum atomic E-state index is -0.237. The van der Waals surface area contributed by atoms with E-state index in [9.17, 15) is 9.59 Å². The van der Waals surface area contributed by atoms with E-state index in [4.69, 9.17) is 11.6 Å². The molecule has 2 amide bonds. The van der Waals surface area contributed by atoms with Crippen molar-refractivity contribution in [3.8, 4) is 0 Å². The van der Waals surface area contributed by atoms with E-state index >= 15 is 0 Å². The van der Waals surface area contributed by atoms with Crippen molar-refractivity contribution in [2.45, 2.75) is 37.6 Å². The second kappa shape index (κ2) is 10.8. The Bertz CT molecular complexity index is 954. The van der Waals surface area contributed by atoms with Crippen molar-refractivity contribution in [1.29, 1.82) is 0 Å². The average molecular weight is 497 g/mol. The summed E-state index contributed by atoms with van der Waals surface area (Å²) in [5.74, 6) is 0.403. The van der Waals surface area contributed by atoms with Crippen LogP contribution in [0.4, 0.5) is 10.8 Å². The van der Waals surface area contributed by atoms with Gasteiger partial charge in [0.25, 0.3) is 0 Å². The number of amides is 2. The van der Waals surface area contributed by atoms with Gasteiger partial charge in [0, 0.05) is 42.4 Å². The Morgan fingerprint density at radius 2 is 1.91 bits per heavy atom. The first kappa shape index (κ1) is 24.8. The number of aromatic nitrogens is 2. The number of hydrogen-bond donors (Lipinski definition) is 2. The van der Waals surface area contributed by atoms with E-state index in [-0.39, 0.29) is 17.4 Å². The topological polar surface area (TPSA) is 90.5 Å². The minimum absolute atomic E-state index is 0.0153. The van der Waals surface area contributed by atoms with Crippen LogP contribution in [0.3, 0.4) is 0 Å². The first-order valence-corrected chi connectivity index (χ1v) is 12.6. The van der Waals surface area contributed by atoms with Gasteiger partial charge in [-0.3, -0.25) is 14.5 Å². The third kappa shape index (κ3) is 7.33. The quantitative estimate of drug-likeness (QED) is 0.568. The molecule has 1 fully saturated rings. The molecule has 0 radical (unpaired) electrons. The van der Waals surface area contributed by atoms with Crippen LogP contribution in [0.1, 0.15) is 26.3 Å².